The highest BCUT2D eigenvalue weighted by Crippen LogP contribution is 2.40. The lowest BCUT2D eigenvalue weighted by atomic mass is 9.75. The molecule has 1 fully saturated rings. The summed E-state index contributed by atoms with van der Waals surface area (Å²) < 4.78 is 11.3. The van der Waals surface area contributed by atoms with Gasteiger partial charge in [0.25, 0.3) is 0 Å². The van der Waals surface area contributed by atoms with Gasteiger partial charge in [0, 0.05) is 24.9 Å². The van der Waals surface area contributed by atoms with Crippen LogP contribution in [-0.2, 0) is 4.74 Å². The van der Waals surface area contributed by atoms with Crippen LogP contribution in [-0.4, -0.2) is 37.2 Å². The number of aromatic hydroxyl groups is 1. The van der Waals surface area contributed by atoms with Gasteiger partial charge in [0.15, 0.2) is 0 Å². The van der Waals surface area contributed by atoms with E-state index >= 15 is 0 Å². The maximum atomic E-state index is 9.89. The van der Waals surface area contributed by atoms with E-state index in [4.69, 9.17) is 9.47 Å². The van der Waals surface area contributed by atoms with Gasteiger partial charge in [-0.3, -0.25) is 4.99 Å². The van der Waals surface area contributed by atoms with E-state index in [1.807, 2.05) is 30.3 Å². The zero-order chi connectivity index (χ0) is 20.0. The Hall–Kier alpha value is -2.33. The molecule has 0 spiro atoms. The number of aliphatic imine (C=N–C) groups is 1. The van der Waals surface area contributed by atoms with E-state index in [-0.39, 0.29) is 11.4 Å². The van der Waals surface area contributed by atoms with Crippen molar-refractivity contribution in [2.24, 2.45) is 10.9 Å². The molecule has 0 amide bonds. The van der Waals surface area contributed by atoms with Gasteiger partial charge in [-0.15, -0.1) is 0 Å². The largest absolute Gasteiger partial charge is 0.507 e. The summed E-state index contributed by atoms with van der Waals surface area (Å²) >= 11 is 0. The Morgan fingerprint density at radius 3 is 2.64 bits per heavy atom. The van der Waals surface area contributed by atoms with E-state index in [9.17, 15) is 5.11 Å². The monoisotopic (exact) mass is 381 g/mol. The normalized spacial score (nSPS) is 20.2. The second-order valence-electron chi connectivity index (χ2n) is 8.12. The molecule has 2 unspecified atom stereocenters. The van der Waals surface area contributed by atoms with Crippen molar-refractivity contribution in [2.75, 3.05) is 20.3 Å². The second-order valence-corrected chi connectivity index (χ2v) is 8.12. The third-order valence-corrected chi connectivity index (χ3v) is 5.58. The molecule has 0 aromatic heterocycles. The van der Waals surface area contributed by atoms with Crippen molar-refractivity contribution in [1.29, 1.82) is 0 Å². The molecule has 150 valence electrons. The lowest BCUT2D eigenvalue weighted by molar-refractivity contribution is -0.0771. The summed E-state index contributed by atoms with van der Waals surface area (Å²) in [4.78, 5) is 4.59. The van der Waals surface area contributed by atoms with Crippen LogP contribution in [0.15, 0.2) is 53.5 Å². The zero-order valence-electron chi connectivity index (χ0n) is 17.1. The van der Waals surface area contributed by atoms with Crippen molar-refractivity contribution in [3.8, 4) is 11.5 Å². The SMILES string of the molecule is COc1ccc(C(CCN=Cc2ccccc2O)C2CCOC(C)(C)C2)cc1. The first-order valence-electron chi connectivity index (χ1n) is 10.0. The first-order valence-corrected chi connectivity index (χ1v) is 10.0. The van der Waals surface area contributed by atoms with E-state index in [1.54, 1.807) is 19.4 Å². The molecule has 0 aliphatic carbocycles. The zero-order valence-corrected chi connectivity index (χ0v) is 17.1. The Labute approximate surface area is 168 Å². The van der Waals surface area contributed by atoms with E-state index < -0.39 is 0 Å². The van der Waals surface area contributed by atoms with E-state index in [1.165, 1.54) is 5.56 Å². The van der Waals surface area contributed by atoms with Crippen LogP contribution in [0.25, 0.3) is 0 Å². The molecule has 1 N–H and O–H groups in total. The summed E-state index contributed by atoms with van der Waals surface area (Å²) in [6.45, 7) is 5.90. The van der Waals surface area contributed by atoms with Gasteiger partial charge in [0.1, 0.15) is 11.5 Å². The molecular weight excluding hydrogens is 350 g/mol. The molecule has 1 saturated heterocycles. The van der Waals surface area contributed by atoms with Crippen LogP contribution in [0.1, 0.15) is 50.2 Å². The van der Waals surface area contributed by atoms with E-state index in [0.717, 1.165) is 43.7 Å². The summed E-state index contributed by atoms with van der Waals surface area (Å²) in [5.41, 5.74) is 2.02. The highest BCUT2D eigenvalue weighted by Gasteiger charge is 2.33. The second kappa shape index (κ2) is 9.24. The summed E-state index contributed by atoms with van der Waals surface area (Å²) in [5, 5.41) is 9.89. The topological polar surface area (TPSA) is 51.0 Å². The van der Waals surface area contributed by atoms with Crippen LogP contribution >= 0.6 is 0 Å². The van der Waals surface area contributed by atoms with Crippen molar-refractivity contribution in [3.05, 3.63) is 59.7 Å². The standard InChI is InChI=1S/C24H31NO3/c1-24(2)16-19(13-15-28-24)22(18-8-10-21(27-3)11-9-18)12-14-25-17-20-6-4-5-7-23(20)26/h4-11,17,19,22,26H,12-16H2,1-3H3. The van der Waals surface area contributed by atoms with Gasteiger partial charge in [-0.1, -0.05) is 24.3 Å². The van der Waals surface area contributed by atoms with Crippen LogP contribution in [0.2, 0.25) is 0 Å². The molecule has 28 heavy (non-hydrogen) atoms. The average molecular weight is 382 g/mol. The summed E-state index contributed by atoms with van der Waals surface area (Å²) in [6.07, 6.45) is 4.86. The van der Waals surface area contributed by atoms with Crippen molar-refractivity contribution < 1.29 is 14.6 Å². The fourth-order valence-electron chi connectivity index (χ4n) is 4.12. The lowest BCUT2D eigenvalue weighted by Crippen LogP contribution is -2.36. The van der Waals surface area contributed by atoms with Gasteiger partial charge >= 0.3 is 0 Å². The minimum atomic E-state index is -0.0767. The third-order valence-electron chi connectivity index (χ3n) is 5.58. The van der Waals surface area contributed by atoms with Crippen molar-refractivity contribution in [3.63, 3.8) is 0 Å². The highest BCUT2D eigenvalue weighted by molar-refractivity contribution is 5.83. The molecule has 0 bridgehead atoms. The number of benzene rings is 2. The predicted molar refractivity (Wildman–Crippen MR) is 114 cm³/mol. The van der Waals surface area contributed by atoms with Gasteiger partial charge in [-0.05, 0) is 74.8 Å². The average Bonchev–Trinajstić information content (AvgIpc) is 2.69. The minimum absolute atomic E-state index is 0.0767. The van der Waals surface area contributed by atoms with Gasteiger partial charge in [-0.2, -0.15) is 0 Å². The van der Waals surface area contributed by atoms with Crippen LogP contribution in [0.4, 0.5) is 0 Å². The fraction of sp³-hybridized carbons (Fsp3) is 0.458. The van der Waals surface area contributed by atoms with E-state index in [2.05, 4.69) is 31.0 Å². The molecule has 4 nitrogen and oxygen atoms in total. The van der Waals surface area contributed by atoms with Gasteiger partial charge < -0.3 is 14.6 Å². The highest BCUT2D eigenvalue weighted by atomic mass is 16.5. The van der Waals surface area contributed by atoms with Crippen LogP contribution < -0.4 is 4.74 Å². The van der Waals surface area contributed by atoms with E-state index in [0.29, 0.717) is 11.8 Å². The number of hydrogen-bond acceptors (Lipinski definition) is 4. The minimum Gasteiger partial charge on any atom is -0.507 e. The number of phenolic OH excluding ortho intramolecular Hbond substituents is 1. The molecule has 2 atom stereocenters. The summed E-state index contributed by atoms with van der Waals surface area (Å²) in [6, 6.07) is 15.7. The summed E-state index contributed by atoms with van der Waals surface area (Å²) in [5.74, 6) is 2.14. The number of rotatable bonds is 7. The molecule has 2 aromatic carbocycles. The number of para-hydroxylation sites is 1. The summed E-state index contributed by atoms with van der Waals surface area (Å²) in [7, 11) is 1.70. The molecule has 3 rings (SSSR count). The van der Waals surface area contributed by atoms with Gasteiger partial charge in [0.2, 0.25) is 0 Å². The number of nitrogens with zero attached hydrogens (tertiary/aromatic N) is 1. The van der Waals surface area contributed by atoms with Crippen LogP contribution in [0, 0.1) is 5.92 Å². The molecule has 0 radical (unpaired) electrons. The smallest absolute Gasteiger partial charge is 0.124 e. The third kappa shape index (κ3) is 5.35. The molecule has 0 saturated carbocycles. The molecule has 1 aliphatic rings. The van der Waals surface area contributed by atoms with Gasteiger partial charge in [0.05, 0.1) is 12.7 Å². The maximum Gasteiger partial charge on any atom is 0.124 e. The fourth-order valence-corrected chi connectivity index (χ4v) is 4.12. The molecule has 2 aromatic rings. The Bertz CT molecular complexity index is 783. The van der Waals surface area contributed by atoms with Crippen molar-refractivity contribution >= 4 is 6.21 Å². The Kier molecular flexibility index (Phi) is 6.74. The lowest BCUT2D eigenvalue weighted by Gasteiger charge is -2.39. The Balaban J connectivity index is 1.73. The Morgan fingerprint density at radius 1 is 1.21 bits per heavy atom. The molecule has 1 aliphatic heterocycles. The number of hydrogen-bond donors (Lipinski definition) is 1. The van der Waals surface area contributed by atoms with Crippen LogP contribution in [0.5, 0.6) is 11.5 Å². The Morgan fingerprint density at radius 2 is 1.96 bits per heavy atom. The van der Waals surface area contributed by atoms with Crippen molar-refractivity contribution in [2.45, 2.75) is 44.6 Å². The maximum absolute atomic E-state index is 9.89. The van der Waals surface area contributed by atoms with Gasteiger partial charge in [-0.25, -0.2) is 0 Å². The number of ether oxygens (including phenoxy) is 2. The predicted octanol–water partition coefficient (Wildman–Crippen LogP) is 5.20. The number of methoxy groups -OCH3 is 1. The first-order chi connectivity index (χ1) is 13.5. The van der Waals surface area contributed by atoms with Crippen molar-refractivity contribution in [1.82, 2.24) is 0 Å². The quantitative estimate of drug-likeness (QED) is 0.671. The number of phenols is 1. The molecule has 4 heteroatoms. The molecule has 1 heterocycles. The van der Waals surface area contributed by atoms with Crippen LogP contribution in [0.3, 0.4) is 0 Å². The molecular formula is C24H31NO3. The first kappa shape index (κ1) is 20.4.